The number of aryl methyl sites for hydroxylation is 2. The number of hydrogen-bond donors (Lipinski definition) is 1. The molecule has 0 aliphatic heterocycles. The largest absolute Gasteiger partial charge is 0.354 e. The lowest BCUT2D eigenvalue weighted by Gasteiger charge is -2.33. The number of benzene rings is 3. The molecule has 1 atom stereocenters. The number of amides is 2. The van der Waals surface area contributed by atoms with E-state index in [1.54, 1.807) is 50.2 Å². The topological polar surface area (TPSA) is 86.8 Å². The van der Waals surface area contributed by atoms with Gasteiger partial charge in [-0.25, -0.2) is 12.8 Å². The van der Waals surface area contributed by atoms with E-state index >= 15 is 0 Å². The SMILES string of the molecule is CCCCNC(=O)C(CC)N(Cc1ccc(F)cc1)C(=O)CN(c1cc(C)ccc1C)S(=O)(=O)c1ccccc1. The Bertz CT molecular complexity index is 1400. The first-order valence-corrected chi connectivity index (χ1v) is 15.0. The summed E-state index contributed by atoms with van der Waals surface area (Å²) in [6, 6.07) is 18.3. The van der Waals surface area contributed by atoms with Gasteiger partial charge in [-0.1, -0.05) is 62.7 Å². The summed E-state index contributed by atoms with van der Waals surface area (Å²) in [6.07, 6.45) is 2.01. The van der Waals surface area contributed by atoms with Crippen LogP contribution in [0, 0.1) is 19.7 Å². The van der Waals surface area contributed by atoms with Crippen molar-refractivity contribution in [2.45, 2.75) is 64.4 Å². The molecule has 0 aliphatic carbocycles. The molecule has 0 aliphatic rings. The molecule has 3 aromatic rings. The molecule has 214 valence electrons. The monoisotopic (exact) mass is 567 g/mol. The summed E-state index contributed by atoms with van der Waals surface area (Å²) in [6.45, 7) is 7.44. The predicted molar refractivity (Wildman–Crippen MR) is 156 cm³/mol. The summed E-state index contributed by atoms with van der Waals surface area (Å²) >= 11 is 0. The Morgan fingerprint density at radius 1 is 0.950 bits per heavy atom. The van der Waals surface area contributed by atoms with Crippen LogP contribution in [0.5, 0.6) is 0 Å². The lowest BCUT2D eigenvalue weighted by molar-refractivity contribution is -0.140. The first kappa shape index (κ1) is 30.8. The van der Waals surface area contributed by atoms with Gasteiger partial charge in [0.2, 0.25) is 11.8 Å². The Morgan fingerprint density at radius 3 is 2.25 bits per heavy atom. The quantitative estimate of drug-likeness (QED) is 0.282. The highest BCUT2D eigenvalue weighted by atomic mass is 32.2. The van der Waals surface area contributed by atoms with Gasteiger partial charge in [0.1, 0.15) is 18.4 Å². The standard InChI is InChI=1S/C31H38FN3O4S/c1-5-7-19-33-31(37)28(6-2)34(21-25-15-17-26(32)18-16-25)30(36)22-35(29-20-23(3)13-14-24(29)4)40(38,39)27-11-9-8-10-12-27/h8-18,20,28H,5-7,19,21-22H2,1-4H3,(H,33,37). The van der Waals surface area contributed by atoms with E-state index in [1.807, 2.05) is 26.0 Å². The van der Waals surface area contributed by atoms with Crippen LogP contribution in [0.15, 0.2) is 77.7 Å². The van der Waals surface area contributed by atoms with E-state index in [9.17, 15) is 22.4 Å². The molecule has 0 heterocycles. The molecule has 2 amide bonds. The number of sulfonamides is 1. The Labute approximate surface area is 237 Å². The van der Waals surface area contributed by atoms with Gasteiger partial charge in [0, 0.05) is 13.1 Å². The van der Waals surface area contributed by atoms with Crippen LogP contribution >= 0.6 is 0 Å². The van der Waals surface area contributed by atoms with Gasteiger partial charge < -0.3 is 10.2 Å². The second-order valence-electron chi connectivity index (χ2n) is 9.83. The van der Waals surface area contributed by atoms with Crippen LogP contribution < -0.4 is 9.62 Å². The van der Waals surface area contributed by atoms with E-state index in [4.69, 9.17) is 0 Å². The molecular weight excluding hydrogens is 529 g/mol. The first-order valence-electron chi connectivity index (χ1n) is 13.5. The highest BCUT2D eigenvalue weighted by Crippen LogP contribution is 2.28. The van der Waals surface area contributed by atoms with Crippen molar-refractivity contribution >= 4 is 27.5 Å². The van der Waals surface area contributed by atoms with E-state index in [0.717, 1.165) is 22.7 Å². The normalized spacial score (nSPS) is 12.0. The molecule has 1 unspecified atom stereocenters. The van der Waals surface area contributed by atoms with E-state index in [0.29, 0.717) is 29.8 Å². The van der Waals surface area contributed by atoms with Crippen molar-refractivity contribution in [3.05, 3.63) is 95.3 Å². The molecule has 0 spiro atoms. The second kappa shape index (κ2) is 14.1. The molecule has 0 radical (unpaired) electrons. The zero-order chi connectivity index (χ0) is 29.3. The summed E-state index contributed by atoms with van der Waals surface area (Å²) in [4.78, 5) is 28.7. The van der Waals surface area contributed by atoms with Crippen molar-refractivity contribution in [1.29, 1.82) is 0 Å². The van der Waals surface area contributed by atoms with Crippen LogP contribution in [0.4, 0.5) is 10.1 Å². The van der Waals surface area contributed by atoms with E-state index in [-0.39, 0.29) is 17.3 Å². The molecule has 0 saturated heterocycles. The second-order valence-corrected chi connectivity index (χ2v) is 11.7. The fourth-order valence-corrected chi connectivity index (χ4v) is 5.92. The summed E-state index contributed by atoms with van der Waals surface area (Å²) in [5.74, 6) is -1.26. The number of unbranched alkanes of at least 4 members (excludes halogenated alkanes) is 1. The number of carbonyl (C=O) groups is 2. The lowest BCUT2D eigenvalue weighted by Crippen LogP contribution is -2.52. The van der Waals surface area contributed by atoms with Gasteiger partial charge in [-0.3, -0.25) is 13.9 Å². The molecule has 0 aromatic heterocycles. The van der Waals surface area contributed by atoms with Crippen LogP contribution in [-0.2, 0) is 26.2 Å². The van der Waals surface area contributed by atoms with E-state index in [2.05, 4.69) is 5.32 Å². The van der Waals surface area contributed by atoms with Crippen molar-refractivity contribution in [3.8, 4) is 0 Å². The van der Waals surface area contributed by atoms with Gasteiger partial charge in [0.15, 0.2) is 0 Å². The Kier molecular flexibility index (Phi) is 10.8. The number of carbonyl (C=O) groups excluding carboxylic acids is 2. The molecule has 0 bridgehead atoms. The Hall–Kier alpha value is -3.72. The van der Waals surface area contributed by atoms with Crippen LogP contribution in [0.3, 0.4) is 0 Å². The highest BCUT2D eigenvalue weighted by Gasteiger charge is 2.34. The Morgan fingerprint density at radius 2 is 1.62 bits per heavy atom. The summed E-state index contributed by atoms with van der Waals surface area (Å²) < 4.78 is 42.6. The average molecular weight is 568 g/mol. The third-order valence-corrected chi connectivity index (χ3v) is 8.50. The zero-order valence-electron chi connectivity index (χ0n) is 23.6. The third kappa shape index (κ3) is 7.69. The van der Waals surface area contributed by atoms with E-state index < -0.39 is 34.3 Å². The van der Waals surface area contributed by atoms with Crippen molar-refractivity contribution < 1.29 is 22.4 Å². The minimum atomic E-state index is -4.13. The average Bonchev–Trinajstić information content (AvgIpc) is 2.94. The zero-order valence-corrected chi connectivity index (χ0v) is 24.4. The number of nitrogens with one attached hydrogen (secondary N) is 1. The third-order valence-electron chi connectivity index (χ3n) is 6.73. The van der Waals surface area contributed by atoms with Crippen molar-refractivity contribution in [2.75, 3.05) is 17.4 Å². The van der Waals surface area contributed by atoms with Gasteiger partial charge in [-0.15, -0.1) is 0 Å². The molecular formula is C31H38FN3O4S. The van der Waals surface area contributed by atoms with Gasteiger partial charge >= 0.3 is 0 Å². The molecule has 0 fully saturated rings. The molecule has 1 N–H and O–H groups in total. The number of halogens is 1. The maximum Gasteiger partial charge on any atom is 0.264 e. The highest BCUT2D eigenvalue weighted by molar-refractivity contribution is 7.92. The Balaban J connectivity index is 2.06. The fraction of sp³-hybridized carbons (Fsp3) is 0.355. The van der Waals surface area contributed by atoms with Crippen molar-refractivity contribution in [2.24, 2.45) is 0 Å². The van der Waals surface area contributed by atoms with E-state index in [1.165, 1.54) is 29.2 Å². The van der Waals surface area contributed by atoms with Crippen molar-refractivity contribution in [3.63, 3.8) is 0 Å². The molecule has 3 rings (SSSR count). The summed E-state index contributed by atoms with van der Waals surface area (Å²) in [5, 5.41) is 2.90. The maximum absolute atomic E-state index is 14.1. The van der Waals surface area contributed by atoms with Crippen LogP contribution in [0.1, 0.15) is 49.8 Å². The van der Waals surface area contributed by atoms with Crippen molar-refractivity contribution in [1.82, 2.24) is 10.2 Å². The number of nitrogens with zero attached hydrogens (tertiary/aromatic N) is 2. The number of anilines is 1. The fourth-order valence-electron chi connectivity index (χ4n) is 4.43. The van der Waals surface area contributed by atoms with Gasteiger partial charge in [0.25, 0.3) is 10.0 Å². The summed E-state index contributed by atoms with van der Waals surface area (Å²) in [5.41, 5.74) is 2.54. The first-order chi connectivity index (χ1) is 19.1. The lowest BCUT2D eigenvalue weighted by atomic mass is 10.1. The van der Waals surface area contributed by atoms with Crippen LogP contribution in [0.2, 0.25) is 0 Å². The molecule has 9 heteroatoms. The molecule has 40 heavy (non-hydrogen) atoms. The smallest absolute Gasteiger partial charge is 0.264 e. The molecule has 7 nitrogen and oxygen atoms in total. The van der Waals surface area contributed by atoms with Gasteiger partial charge in [-0.05, 0) is 73.7 Å². The minimum Gasteiger partial charge on any atom is -0.354 e. The predicted octanol–water partition coefficient (Wildman–Crippen LogP) is 5.36. The number of hydrogen-bond acceptors (Lipinski definition) is 4. The number of rotatable bonds is 13. The van der Waals surface area contributed by atoms with Gasteiger partial charge in [0.05, 0.1) is 10.6 Å². The van der Waals surface area contributed by atoms with Crippen LogP contribution in [0.25, 0.3) is 0 Å². The summed E-state index contributed by atoms with van der Waals surface area (Å²) in [7, 11) is -4.13. The maximum atomic E-state index is 14.1. The van der Waals surface area contributed by atoms with Gasteiger partial charge in [-0.2, -0.15) is 0 Å². The molecule has 3 aromatic carbocycles. The minimum absolute atomic E-state index is 0.0187. The van der Waals surface area contributed by atoms with Crippen LogP contribution in [-0.4, -0.2) is 44.3 Å². The molecule has 0 saturated carbocycles.